The van der Waals surface area contributed by atoms with Gasteiger partial charge in [0.05, 0.1) is 53.3 Å². The van der Waals surface area contributed by atoms with E-state index in [1.54, 1.807) is 0 Å². The Morgan fingerprint density at radius 1 is 0.396 bits per heavy atom. The molecule has 0 unspecified atom stereocenters. The number of benzene rings is 5. The molecule has 0 N–H and O–H groups in total. The second kappa shape index (κ2) is 10.0. The number of imide groups is 2. The fraction of sp³-hybridized carbons (Fsp3) is 0. The molecule has 0 spiro atoms. The number of hydrogen-bond acceptors (Lipinski definition) is 12. The Morgan fingerprint density at radius 3 is 0.833 bits per heavy atom. The number of nitro benzene ring substituents is 4. The van der Waals surface area contributed by atoms with Gasteiger partial charge in [0, 0.05) is 59.3 Å². The van der Waals surface area contributed by atoms with Crippen LogP contribution in [0.1, 0.15) is 41.4 Å². The third kappa shape index (κ3) is 4.13. The summed E-state index contributed by atoms with van der Waals surface area (Å²) >= 11 is 0. The quantitative estimate of drug-likeness (QED) is 0.130. The summed E-state index contributed by atoms with van der Waals surface area (Å²) in [7, 11) is 0. The van der Waals surface area contributed by atoms with E-state index < -0.39 is 66.1 Å². The first-order valence-electron chi connectivity index (χ1n) is 13.5. The smallest absolute Gasteiger partial charge is 0.268 e. The van der Waals surface area contributed by atoms with Gasteiger partial charge < -0.3 is 0 Å². The molecule has 0 bridgehead atoms. The van der Waals surface area contributed by atoms with E-state index in [2.05, 4.69) is 0 Å². The Morgan fingerprint density at radius 2 is 0.625 bits per heavy atom. The fourth-order valence-electron chi connectivity index (χ4n) is 5.95. The van der Waals surface area contributed by atoms with E-state index in [-0.39, 0.29) is 55.2 Å². The van der Waals surface area contributed by atoms with Crippen molar-refractivity contribution >= 4 is 79.3 Å². The Kier molecular flexibility index (Phi) is 6.09. The summed E-state index contributed by atoms with van der Waals surface area (Å²) in [5.74, 6) is -3.97. The molecule has 0 saturated heterocycles. The molecule has 2 heterocycles. The standard InChI is InChI=1S/C30H12N6O12/c37-27-21-9-17(33(41)42)5-13-6-18(34(43)44)10-22(25(13)21)28(38)31(27)15-1-2-16(4-3-15)32-29(39)23-11-19(35(45)46)7-14-8-20(36(47)48)12-24(26(14)23)30(32)40/h1-12H. The van der Waals surface area contributed by atoms with E-state index in [1.807, 2.05) is 0 Å². The summed E-state index contributed by atoms with van der Waals surface area (Å²) in [5, 5.41) is 46.2. The minimum Gasteiger partial charge on any atom is -0.268 e. The van der Waals surface area contributed by atoms with Gasteiger partial charge in [0.1, 0.15) is 0 Å². The van der Waals surface area contributed by atoms with Crippen LogP contribution in [0.5, 0.6) is 0 Å². The van der Waals surface area contributed by atoms with Crippen molar-refractivity contribution in [3.05, 3.63) is 136 Å². The third-order valence-corrected chi connectivity index (χ3v) is 7.98. The molecule has 0 atom stereocenters. The highest BCUT2D eigenvalue weighted by atomic mass is 16.6. The normalized spacial score (nSPS) is 13.8. The number of anilines is 2. The third-order valence-electron chi connectivity index (χ3n) is 7.98. The Hall–Kier alpha value is -7.50. The van der Waals surface area contributed by atoms with Crippen LogP contribution >= 0.6 is 0 Å². The maximum absolute atomic E-state index is 13.6. The van der Waals surface area contributed by atoms with Gasteiger partial charge in [0.2, 0.25) is 0 Å². The van der Waals surface area contributed by atoms with E-state index >= 15 is 0 Å². The first kappa shape index (κ1) is 29.2. The molecule has 0 radical (unpaired) electrons. The summed E-state index contributed by atoms with van der Waals surface area (Å²) in [4.78, 5) is 99.0. The van der Waals surface area contributed by atoms with Crippen molar-refractivity contribution < 1.29 is 38.9 Å². The van der Waals surface area contributed by atoms with Gasteiger partial charge in [-0.25, -0.2) is 9.80 Å². The first-order valence-corrected chi connectivity index (χ1v) is 13.5. The number of nitrogens with zero attached hydrogens (tertiary/aromatic N) is 6. The van der Waals surface area contributed by atoms with E-state index in [0.29, 0.717) is 9.80 Å². The Balaban J connectivity index is 1.33. The van der Waals surface area contributed by atoms with Crippen LogP contribution in [0.2, 0.25) is 0 Å². The highest BCUT2D eigenvalue weighted by Crippen LogP contribution is 2.40. The first-order chi connectivity index (χ1) is 22.8. The topological polar surface area (TPSA) is 247 Å². The molecule has 0 aromatic heterocycles. The summed E-state index contributed by atoms with van der Waals surface area (Å²) in [6, 6.07) is 12.4. The molecule has 0 saturated carbocycles. The lowest BCUT2D eigenvalue weighted by atomic mass is 9.92. The van der Waals surface area contributed by atoms with Crippen molar-refractivity contribution in [2.24, 2.45) is 0 Å². The van der Waals surface area contributed by atoms with Crippen LogP contribution in [-0.2, 0) is 0 Å². The van der Waals surface area contributed by atoms with E-state index in [1.165, 1.54) is 0 Å². The Labute approximate surface area is 263 Å². The maximum atomic E-state index is 13.6. The molecule has 234 valence electrons. The lowest BCUT2D eigenvalue weighted by molar-refractivity contribution is -0.385. The molecule has 2 aliphatic rings. The highest BCUT2D eigenvalue weighted by molar-refractivity contribution is 6.37. The van der Waals surface area contributed by atoms with E-state index in [0.717, 1.165) is 72.8 Å². The van der Waals surface area contributed by atoms with Crippen molar-refractivity contribution in [2.45, 2.75) is 0 Å². The predicted octanol–water partition coefficient (Wildman–Crippen LogP) is 5.23. The fourth-order valence-corrected chi connectivity index (χ4v) is 5.95. The van der Waals surface area contributed by atoms with Gasteiger partial charge in [0.15, 0.2) is 0 Å². The molecule has 18 heteroatoms. The summed E-state index contributed by atoms with van der Waals surface area (Å²) in [6.45, 7) is 0. The molecular formula is C30H12N6O12. The molecular weight excluding hydrogens is 636 g/mol. The summed E-state index contributed by atoms with van der Waals surface area (Å²) in [5.41, 5.74) is -3.61. The van der Waals surface area contributed by atoms with Crippen LogP contribution in [0.4, 0.5) is 34.1 Å². The van der Waals surface area contributed by atoms with Gasteiger partial charge in [0.25, 0.3) is 46.4 Å². The van der Waals surface area contributed by atoms with Gasteiger partial charge >= 0.3 is 0 Å². The monoisotopic (exact) mass is 648 g/mol. The summed E-state index contributed by atoms with van der Waals surface area (Å²) < 4.78 is 0. The van der Waals surface area contributed by atoms with E-state index in [9.17, 15) is 59.6 Å². The van der Waals surface area contributed by atoms with Gasteiger partial charge in [-0.05, 0) is 35.0 Å². The number of hydrogen-bond donors (Lipinski definition) is 0. The second-order valence-corrected chi connectivity index (χ2v) is 10.6. The highest BCUT2D eigenvalue weighted by Gasteiger charge is 2.39. The minimum absolute atomic E-state index is 0.0189. The van der Waals surface area contributed by atoms with Crippen molar-refractivity contribution in [2.75, 3.05) is 9.80 Å². The predicted molar refractivity (Wildman–Crippen MR) is 163 cm³/mol. The minimum atomic E-state index is -0.992. The van der Waals surface area contributed by atoms with Crippen molar-refractivity contribution in [3.8, 4) is 0 Å². The van der Waals surface area contributed by atoms with Crippen LogP contribution in [0.25, 0.3) is 21.5 Å². The van der Waals surface area contributed by atoms with Crippen LogP contribution in [0.15, 0.2) is 72.8 Å². The molecule has 5 aromatic rings. The van der Waals surface area contributed by atoms with Crippen LogP contribution in [0, 0.1) is 40.5 Å². The SMILES string of the molecule is O=C1c2cc([N+](=O)[O-])cc3cc([N+](=O)[O-])cc(c23)C(=O)N1c1ccc(N2C(=O)c3cc([N+](=O)[O-])cc4cc([N+](=O)[O-])cc(c34)C2=O)cc1. The number of amides is 4. The van der Waals surface area contributed by atoms with Crippen molar-refractivity contribution in [1.82, 2.24) is 0 Å². The molecule has 0 aliphatic carbocycles. The lowest BCUT2D eigenvalue weighted by Crippen LogP contribution is -2.41. The summed E-state index contributed by atoms with van der Waals surface area (Å²) in [6.07, 6.45) is 0. The maximum Gasteiger partial charge on any atom is 0.270 e. The van der Waals surface area contributed by atoms with Crippen LogP contribution in [-0.4, -0.2) is 43.3 Å². The zero-order chi connectivity index (χ0) is 34.3. The van der Waals surface area contributed by atoms with Gasteiger partial charge in [-0.1, -0.05) is 0 Å². The zero-order valence-electron chi connectivity index (χ0n) is 23.5. The van der Waals surface area contributed by atoms with Crippen LogP contribution in [0.3, 0.4) is 0 Å². The number of carbonyl (C=O) groups excluding carboxylic acids is 4. The number of nitro groups is 4. The lowest BCUT2D eigenvalue weighted by Gasteiger charge is -2.29. The molecule has 5 aromatic carbocycles. The second-order valence-electron chi connectivity index (χ2n) is 10.6. The zero-order valence-corrected chi connectivity index (χ0v) is 23.5. The van der Waals surface area contributed by atoms with Gasteiger partial charge in [-0.15, -0.1) is 0 Å². The molecule has 18 nitrogen and oxygen atoms in total. The average Bonchev–Trinajstić information content (AvgIpc) is 3.05. The molecule has 48 heavy (non-hydrogen) atoms. The largest absolute Gasteiger partial charge is 0.270 e. The van der Waals surface area contributed by atoms with Gasteiger partial charge in [-0.2, -0.15) is 0 Å². The van der Waals surface area contributed by atoms with E-state index in [4.69, 9.17) is 0 Å². The number of non-ortho nitro benzene ring substituents is 4. The molecule has 4 amide bonds. The molecule has 7 rings (SSSR count). The number of rotatable bonds is 6. The van der Waals surface area contributed by atoms with Gasteiger partial charge in [-0.3, -0.25) is 59.6 Å². The van der Waals surface area contributed by atoms with Crippen LogP contribution < -0.4 is 9.80 Å². The molecule has 0 fully saturated rings. The Bertz CT molecular complexity index is 2150. The number of carbonyl (C=O) groups is 4. The average molecular weight is 648 g/mol. The van der Waals surface area contributed by atoms with Crippen molar-refractivity contribution in [1.29, 1.82) is 0 Å². The van der Waals surface area contributed by atoms with Crippen molar-refractivity contribution in [3.63, 3.8) is 0 Å². The molecule has 2 aliphatic heterocycles.